The summed E-state index contributed by atoms with van der Waals surface area (Å²) >= 11 is 0. The van der Waals surface area contributed by atoms with E-state index in [1.807, 2.05) is 43.3 Å². The summed E-state index contributed by atoms with van der Waals surface area (Å²) < 4.78 is 29.4. The average Bonchev–Trinajstić information content (AvgIpc) is 3.18. The van der Waals surface area contributed by atoms with Crippen molar-refractivity contribution in [2.45, 2.75) is 44.0 Å². The van der Waals surface area contributed by atoms with Gasteiger partial charge in [-0.05, 0) is 54.7 Å². The molecule has 3 aromatic carbocycles. The molecule has 1 aliphatic heterocycles. The van der Waals surface area contributed by atoms with Crippen molar-refractivity contribution in [3.8, 4) is 0 Å². The molecule has 0 fully saturated rings. The Kier molecular flexibility index (Phi) is 5.39. The molecule has 1 N–H and O–H groups in total. The first-order valence-corrected chi connectivity index (χ1v) is 12.7. The Morgan fingerprint density at radius 2 is 1.69 bits per heavy atom. The molecular formula is C27H28N2O2S. The van der Waals surface area contributed by atoms with Gasteiger partial charge in [-0.1, -0.05) is 73.5 Å². The molecule has 4 nitrogen and oxygen atoms in total. The van der Waals surface area contributed by atoms with Crippen LogP contribution in [0.3, 0.4) is 0 Å². The highest BCUT2D eigenvalue weighted by atomic mass is 32.2. The fourth-order valence-electron chi connectivity index (χ4n) is 4.81. The number of hydrogen-bond acceptors (Lipinski definition) is 2. The molecule has 0 bridgehead atoms. The summed E-state index contributed by atoms with van der Waals surface area (Å²) in [4.78, 5) is 3.91. The third-order valence-corrected chi connectivity index (χ3v) is 8.33. The van der Waals surface area contributed by atoms with Crippen LogP contribution < -0.4 is 0 Å². The average molecular weight is 445 g/mol. The van der Waals surface area contributed by atoms with Crippen LogP contribution in [0.25, 0.3) is 10.9 Å². The van der Waals surface area contributed by atoms with E-state index in [9.17, 15) is 8.42 Å². The molecule has 0 radical (unpaired) electrons. The highest BCUT2D eigenvalue weighted by molar-refractivity contribution is 7.89. The van der Waals surface area contributed by atoms with Gasteiger partial charge in [0.1, 0.15) is 0 Å². The molecule has 1 aromatic heterocycles. The normalized spacial score (nSPS) is 16.9. The van der Waals surface area contributed by atoms with Crippen molar-refractivity contribution in [2.24, 2.45) is 0 Å². The fraction of sp³-hybridized carbons (Fsp3) is 0.259. The summed E-state index contributed by atoms with van der Waals surface area (Å²) in [6.45, 7) is 4.63. The number of aromatic nitrogens is 1. The first-order valence-electron chi connectivity index (χ1n) is 11.3. The van der Waals surface area contributed by atoms with Gasteiger partial charge in [0, 0.05) is 23.1 Å². The molecule has 0 saturated carbocycles. The van der Waals surface area contributed by atoms with Crippen molar-refractivity contribution >= 4 is 20.9 Å². The lowest BCUT2D eigenvalue weighted by molar-refractivity contribution is 0.340. The SMILES string of the molecule is CCCc1ccc(S(=O)(=O)N2CCc3c([nH]c4ccccc34)[C@@H]2c2ccc(C)cc2)cc1. The van der Waals surface area contributed by atoms with Crippen LogP contribution in [0.15, 0.2) is 77.7 Å². The number of benzene rings is 3. The summed E-state index contributed by atoms with van der Waals surface area (Å²) in [5.41, 5.74) is 6.55. The molecule has 2 heterocycles. The third-order valence-electron chi connectivity index (χ3n) is 6.45. The standard InChI is InChI=1S/C27H28N2O2S/c1-3-6-20-11-15-22(16-12-20)32(30,31)29-18-17-24-23-7-4-5-8-25(23)28-26(24)27(29)21-13-9-19(2)10-14-21/h4-5,7-16,27-28H,3,6,17-18H2,1-2H3/t27-/m0/s1. The van der Waals surface area contributed by atoms with Gasteiger partial charge in [0.15, 0.2) is 0 Å². The smallest absolute Gasteiger partial charge is 0.244 e. The Bertz CT molecular complexity index is 1350. The minimum atomic E-state index is -3.67. The molecule has 32 heavy (non-hydrogen) atoms. The van der Waals surface area contributed by atoms with Gasteiger partial charge >= 0.3 is 0 Å². The Labute approximate surface area is 190 Å². The Hall–Kier alpha value is -2.89. The summed E-state index contributed by atoms with van der Waals surface area (Å²) in [6.07, 6.45) is 2.68. The zero-order valence-corrected chi connectivity index (χ0v) is 19.3. The number of sulfonamides is 1. The van der Waals surface area contributed by atoms with Gasteiger partial charge in [0.25, 0.3) is 0 Å². The van der Waals surface area contributed by atoms with Gasteiger partial charge in [-0.15, -0.1) is 0 Å². The van der Waals surface area contributed by atoms with Gasteiger partial charge < -0.3 is 4.98 Å². The van der Waals surface area contributed by atoms with Crippen LogP contribution in [-0.4, -0.2) is 24.3 Å². The number of H-pyrrole nitrogens is 1. The van der Waals surface area contributed by atoms with E-state index in [0.29, 0.717) is 17.9 Å². The molecule has 0 unspecified atom stereocenters. The monoisotopic (exact) mass is 444 g/mol. The summed E-state index contributed by atoms with van der Waals surface area (Å²) in [6, 6.07) is 23.4. The number of fused-ring (bicyclic) bond motifs is 3. The maximum Gasteiger partial charge on any atom is 0.244 e. The molecule has 0 saturated heterocycles. The van der Waals surface area contributed by atoms with Crippen molar-refractivity contribution in [1.29, 1.82) is 0 Å². The summed E-state index contributed by atoms with van der Waals surface area (Å²) in [7, 11) is -3.67. The molecule has 164 valence electrons. The van der Waals surface area contributed by atoms with Crippen LogP contribution >= 0.6 is 0 Å². The maximum atomic E-state index is 13.8. The predicted octanol–water partition coefficient (Wildman–Crippen LogP) is 5.77. The van der Waals surface area contributed by atoms with Gasteiger partial charge in [0.05, 0.1) is 10.9 Å². The zero-order chi connectivity index (χ0) is 22.3. The van der Waals surface area contributed by atoms with Crippen LogP contribution in [0.4, 0.5) is 0 Å². The van der Waals surface area contributed by atoms with E-state index in [1.54, 1.807) is 16.4 Å². The molecule has 4 aromatic rings. The van der Waals surface area contributed by atoms with E-state index in [0.717, 1.165) is 40.7 Å². The predicted molar refractivity (Wildman–Crippen MR) is 129 cm³/mol. The number of rotatable bonds is 5. The molecule has 0 spiro atoms. The van der Waals surface area contributed by atoms with Crippen LogP contribution in [0.5, 0.6) is 0 Å². The van der Waals surface area contributed by atoms with E-state index >= 15 is 0 Å². The second-order valence-electron chi connectivity index (χ2n) is 8.64. The molecule has 1 aliphatic rings. The van der Waals surface area contributed by atoms with E-state index in [4.69, 9.17) is 0 Å². The van der Waals surface area contributed by atoms with Crippen molar-refractivity contribution in [3.63, 3.8) is 0 Å². The molecule has 5 heteroatoms. The molecule has 0 aliphatic carbocycles. The van der Waals surface area contributed by atoms with Crippen molar-refractivity contribution in [3.05, 3.63) is 101 Å². The Morgan fingerprint density at radius 3 is 2.41 bits per heavy atom. The Morgan fingerprint density at radius 1 is 0.969 bits per heavy atom. The fourth-order valence-corrected chi connectivity index (χ4v) is 6.40. The second kappa shape index (κ2) is 8.23. The third kappa shape index (κ3) is 3.55. The number of nitrogens with one attached hydrogen (secondary N) is 1. The van der Waals surface area contributed by atoms with E-state index in [1.165, 1.54) is 10.9 Å². The molecule has 5 rings (SSSR count). The first-order chi connectivity index (χ1) is 15.5. The van der Waals surface area contributed by atoms with Gasteiger partial charge in [0.2, 0.25) is 10.0 Å². The van der Waals surface area contributed by atoms with Crippen molar-refractivity contribution in [2.75, 3.05) is 6.54 Å². The lowest BCUT2D eigenvalue weighted by Crippen LogP contribution is -2.40. The van der Waals surface area contributed by atoms with E-state index in [-0.39, 0.29) is 6.04 Å². The second-order valence-corrected chi connectivity index (χ2v) is 10.5. The van der Waals surface area contributed by atoms with E-state index in [2.05, 4.69) is 36.2 Å². The topological polar surface area (TPSA) is 53.2 Å². The number of nitrogens with zero attached hydrogens (tertiary/aromatic N) is 1. The highest BCUT2D eigenvalue weighted by Gasteiger charge is 2.39. The van der Waals surface area contributed by atoms with Gasteiger partial charge in [-0.25, -0.2) is 8.42 Å². The maximum absolute atomic E-state index is 13.8. The van der Waals surface area contributed by atoms with Crippen LogP contribution in [-0.2, 0) is 22.9 Å². The number of para-hydroxylation sites is 1. The van der Waals surface area contributed by atoms with Crippen molar-refractivity contribution in [1.82, 2.24) is 9.29 Å². The molecule has 0 amide bonds. The number of aromatic amines is 1. The van der Waals surface area contributed by atoms with Gasteiger partial charge in [-0.3, -0.25) is 0 Å². The van der Waals surface area contributed by atoms with Gasteiger partial charge in [-0.2, -0.15) is 4.31 Å². The lowest BCUT2D eigenvalue weighted by atomic mass is 9.94. The number of aryl methyl sites for hydroxylation is 2. The minimum absolute atomic E-state index is 0.356. The first kappa shape index (κ1) is 21.0. The highest BCUT2D eigenvalue weighted by Crippen LogP contribution is 2.41. The zero-order valence-electron chi connectivity index (χ0n) is 18.5. The van der Waals surface area contributed by atoms with E-state index < -0.39 is 10.0 Å². The minimum Gasteiger partial charge on any atom is -0.357 e. The van der Waals surface area contributed by atoms with Crippen molar-refractivity contribution < 1.29 is 8.42 Å². The van der Waals surface area contributed by atoms with Crippen LogP contribution in [0.1, 0.15) is 47.3 Å². The summed E-state index contributed by atoms with van der Waals surface area (Å²) in [5, 5.41) is 1.18. The molecular weight excluding hydrogens is 416 g/mol. The van der Waals surface area contributed by atoms with Crippen LogP contribution in [0.2, 0.25) is 0 Å². The largest absolute Gasteiger partial charge is 0.357 e. The Balaban J connectivity index is 1.64. The van der Waals surface area contributed by atoms with Crippen LogP contribution in [0, 0.1) is 6.92 Å². The summed E-state index contributed by atoms with van der Waals surface area (Å²) in [5.74, 6) is 0. The molecule has 1 atom stereocenters. The quantitative estimate of drug-likeness (QED) is 0.425. The number of hydrogen-bond donors (Lipinski definition) is 1. The lowest BCUT2D eigenvalue weighted by Gasteiger charge is -2.35.